The van der Waals surface area contributed by atoms with E-state index in [-0.39, 0.29) is 6.54 Å². The van der Waals surface area contributed by atoms with Gasteiger partial charge in [0.05, 0.1) is 12.2 Å². The smallest absolute Gasteiger partial charge is 0.422 e. The molecule has 112 valence electrons. The average molecular weight is 294 g/mol. The molecular weight excluding hydrogens is 281 g/mol. The van der Waals surface area contributed by atoms with Gasteiger partial charge in [-0.2, -0.15) is 18.3 Å². The number of nitrogens with zero attached hydrogens (tertiary/aromatic N) is 2. The molecule has 1 rings (SSSR count). The van der Waals surface area contributed by atoms with Gasteiger partial charge in [-0.3, -0.25) is 4.68 Å². The fourth-order valence-corrected chi connectivity index (χ4v) is 1.25. The minimum absolute atomic E-state index is 0.125. The van der Waals surface area contributed by atoms with Crippen molar-refractivity contribution in [3.05, 3.63) is 18.0 Å². The first-order valence-electron chi connectivity index (χ1n) is 5.41. The first-order valence-corrected chi connectivity index (χ1v) is 5.41. The quantitative estimate of drug-likeness (QED) is 0.758. The van der Waals surface area contributed by atoms with Crippen LogP contribution >= 0.6 is 0 Å². The zero-order valence-electron chi connectivity index (χ0n) is 10.7. The third kappa shape index (κ3) is 3.39. The Labute approximate surface area is 111 Å². The Balaban J connectivity index is 2.66. The molecule has 0 aliphatic heterocycles. The lowest BCUT2D eigenvalue weighted by atomic mass is 10.0. The van der Waals surface area contributed by atoms with E-state index in [0.717, 1.165) is 0 Å². The van der Waals surface area contributed by atoms with Crippen LogP contribution in [-0.2, 0) is 18.4 Å². The number of aromatic nitrogens is 2. The largest absolute Gasteiger partial charge is 0.479 e. The summed E-state index contributed by atoms with van der Waals surface area (Å²) in [7, 11) is 1.63. The molecule has 7 nitrogen and oxygen atoms in total. The number of alkyl halides is 3. The summed E-state index contributed by atoms with van der Waals surface area (Å²) >= 11 is 0. The number of carbonyl (C=O) groups excluding carboxylic acids is 1. The topological polar surface area (TPSA) is 96.2 Å². The third-order valence-electron chi connectivity index (χ3n) is 2.56. The molecule has 0 fully saturated rings. The Morgan fingerprint density at radius 3 is 2.45 bits per heavy atom. The highest BCUT2D eigenvalue weighted by Gasteiger charge is 2.58. The molecular formula is C10H13F3N4O3. The van der Waals surface area contributed by atoms with E-state index in [4.69, 9.17) is 5.11 Å². The summed E-state index contributed by atoms with van der Waals surface area (Å²) in [6.45, 7) is 0.246. The van der Waals surface area contributed by atoms with Gasteiger partial charge in [-0.25, -0.2) is 9.59 Å². The molecule has 3 N–H and O–H groups in total. The number of nitrogens with one attached hydrogen (secondary N) is 2. The molecule has 1 aromatic heterocycles. The second kappa shape index (κ2) is 5.39. The molecule has 10 heteroatoms. The lowest BCUT2D eigenvalue weighted by Gasteiger charge is -2.28. The van der Waals surface area contributed by atoms with E-state index in [2.05, 4.69) is 10.4 Å². The van der Waals surface area contributed by atoms with E-state index >= 15 is 0 Å². The predicted octanol–water partition coefficient (Wildman–Crippen LogP) is 0.625. The molecule has 20 heavy (non-hydrogen) atoms. The van der Waals surface area contributed by atoms with Crippen molar-refractivity contribution in [3.63, 3.8) is 0 Å². The summed E-state index contributed by atoms with van der Waals surface area (Å²) in [5.41, 5.74) is -2.94. The van der Waals surface area contributed by atoms with Crippen molar-refractivity contribution < 1.29 is 27.9 Å². The lowest BCUT2D eigenvalue weighted by Crippen LogP contribution is -2.63. The van der Waals surface area contributed by atoms with Crippen molar-refractivity contribution in [1.82, 2.24) is 20.4 Å². The van der Waals surface area contributed by atoms with Crippen molar-refractivity contribution in [3.8, 4) is 0 Å². The number of carbonyl (C=O) groups is 2. The second-order valence-electron chi connectivity index (χ2n) is 4.22. The average Bonchev–Trinajstić information content (AvgIpc) is 2.70. The minimum atomic E-state index is -5.12. The maximum absolute atomic E-state index is 12.6. The number of hydrogen-bond donors (Lipinski definition) is 3. The van der Waals surface area contributed by atoms with Gasteiger partial charge in [0.2, 0.25) is 5.54 Å². The van der Waals surface area contributed by atoms with Gasteiger partial charge in [0.15, 0.2) is 0 Å². The number of aliphatic carboxylic acids is 1. The normalized spacial score (nSPS) is 14.4. The molecule has 0 saturated carbocycles. The molecule has 2 amide bonds. The fourth-order valence-electron chi connectivity index (χ4n) is 1.25. The van der Waals surface area contributed by atoms with E-state index in [1.54, 1.807) is 19.3 Å². The minimum Gasteiger partial charge on any atom is -0.479 e. The predicted molar refractivity (Wildman–Crippen MR) is 60.7 cm³/mol. The van der Waals surface area contributed by atoms with Crippen molar-refractivity contribution in [2.45, 2.75) is 25.2 Å². The van der Waals surface area contributed by atoms with Gasteiger partial charge in [-0.15, -0.1) is 0 Å². The molecule has 1 aromatic rings. The van der Waals surface area contributed by atoms with Crippen LogP contribution in [0.5, 0.6) is 0 Å². The zero-order valence-corrected chi connectivity index (χ0v) is 10.7. The third-order valence-corrected chi connectivity index (χ3v) is 2.56. The van der Waals surface area contributed by atoms with Crippen LogP contribution < -0.4 is 10.6 Å². The number of urea groups is 1. The number of hydrogen-bond acceptors (Lipinski definition) is 3. The highest BCUT2D eigenvalue weighted by molar-refractivity contribution is 5.86. The number of halogens is 3. The van der Waals surface area contributed by atoms with Gasteiger partial charge in [0, 0.05) is 13.2 Å². The number of carboxylic acids is 1. The standard InChI is InChI=1S/C10H13F3N4O3/c1-9(7(18)19,10(11,12)13)15-8(20)14-5-6-3-4-17(2)16-6/h3-4H,5H2,1-2H3,(H,18,19)(H2,14,15,20). The molecule has 1 heterocycles. The Kier molecular flexibility index (Phi) is 4.26. The second-order valence-corrected chi connectivity index (χ2v) is 4.22. The fraction of sp³-hybridized carbons (Fsp3) is 0.500. The van der Waals surface area contributed by atoms with Gasteiger partial charge in [-0.05, 0) is 13.0 Å². The molecule has 0 saturated heterocycles. The summed E-state index contributed by atoms with van der Waals surface area (Å²) in [6, 6.07) is 0.304. The van der Waals surface area contributed by atoms with Gasteiger partial charge in [0.25, 0.3) is 0 Å². The lowest BCUT2D eigenvalue weighted by molar-refractivity contribution is -0.203. The highest BCUT2D eigenvalue weighted by atomic mass is 19.4. The number of amides is 2. The number of aryl methyl sites for hydroxylation is 1. The van der Waals surface area contributed by atoms with Crippen LogP contribution in [0.15, 0.2) is 12.3 Å². The van der Waals surface area contributed by atoms with Crippen LogP contribution in [0.3, 0.4) is 0 Å². The summed E-state index contributed by atoms with van der Waals surface area (Å²) in [6.07, 6.45) is -3.53. The van der Waals surface area contributed by atoms with E-state index in [9.17, 15) is 22.8 Å². The molecule has 1 unspecified atom stereocenters. The van der Waals surface area contributed by atoms with Gasteiger partial charge >= 0.3 is 18.2 Å². The highest BCUT2D eigenvalue weighted by Crippen LogP contribution is 2.30. The Bertz CT molecular complexity index is 514. The molecule has 0 aromatic carbocycles. The number of rotatable bonds is 4. The van der Waals surface area contributed by atoms with Crippen molar-refractivity contribution in [2.24, 2.45) is 7.05 Å². The first kappa shape index (κ1) is 15.8. The zero-order chi connectivity index (χ0) is 15.6. The monoisotopic (exact) mass is 294 g/mol. The van der Waals surface area contributed by atoms with Crippen molar-refractivity contribution in [1.29, 1.82) is 0 Å². The Morgan fingerprint density at radius 2 is 2.05 bits per heavy atom. The summed E-state index contributed by atoms with van der Waals surface area (Å²) in [5, 5.41) is 16.0. The van der Waals surface area contributed by atoms with Crippen LogP contribution in [0.25, 0.3) is 0 Å². The van der Waals surface area contributed by atoms with Crippen LogP contribution in [0.1, 0.15) is 12.6 Å². The molecule has 0 aliphatic rings. The van der Waals surface area contributed by atoms with Crippen LogP contribution in [0, 0.1) is 0 Å². The van der Waals surface area contributed by atoms with E-state index < -0.39 is 23.7 Å². The van der Waals surface area contributed by atoms with Crippen LogP contribution in [-0.4, -0.2) is 38.6 Å². The Hall–Kier alpha value is -2.26. The van der Waals surface area contributed by atoms with E-state index in [0.29, 0.717) is 12.6 Å². The number of carboxylic acid groups (broad SMARTS) is 1. The molecule has 0 spiro atoms. The van der Waals surface area contributed by atoms with Crippen molar-refractivity contribution in [2.75, 3.05) is 0 Å². The maximum atomic E-state index is 12.6. The van der Waals surface area contributed by atoms with Gasteiger partial charge < -0.3 is 15.7 Å². The summed E-state index contributed by atoms with van der Waals surface area (Å²) < 4.78 is 39.4. The van der Waals surface area contributed by atoms with Crippen LogP contribution in [0.4, 0.5) is 18.0 Å². The Morgan fingerprint density at radius 1 is 1.45 bits per heavy atom. The first-order chi connectivity index (χ1) is 9.06. The maximum Gasteiger partial charge on any atom is 0.422 e. The van der Waals surface area contributed by atoms with Gasteiger partial charge in [-0.1, -0.05) is 0 Å². The van der Waals surface area contributed by atoms with Crippen LogP contribution in [0.2, 0.25) is 0 Å². The molecule has 0 radical (unpaired) electrons. The molecule has 0 bridgehead atoms. The van der Waals surface area contributed by atoms with E-state index in [1.807, 2.05) is 0 Å². The summed E-state index contributed by atoms with van der Waals surface area (Å²) in [5.74, 6) is -2.20. The molecule has 1 atom stereocenters. The molecule has 0 aliphatic carbocycles. The van der Waals surface area contributed by atoms with Gasteiger partial charge in [0.1, 0.15) is 0 Å². The SMILES string of the molecule is Cn1ccc(CNC(=O)NC(C)(C(=O)O)C(F)(F)F)n1. The van der Waals surface area contributed by atoms with Crippen molar-refractivity contribution >= 4 is 12.0 Å². The van der Waals surface area contributed by atoms with E-state index in [1.165, 1.54) is 10.00 Å². The summed E-state index contributed by atoms with van der Waals surface area (Å²) in [4.78, 5) is 22.1.